The standard InChI is InChI=1S/C41H24N4/c1-3-10-27(11-4-1)39-42-40(28-12-5-2-6-13-28)44-41(43-39)29-15-7-16-30(24-29)45-33-19-9-18-32-31-17-8-14-25-20-21-26-22-23-34(45)38(37(32)33)36(26)35(25)31/h1-24H/i1D,2D,3D,4D,5D,6D,7D,10D,11D,12D,13D,15D,16D,24D. The van der Waals surface area contributed by atoms with E-state index in [2.05, 4.69) is 27.1 Å². The van der Waals surface area contributed by atoms with E-state index in [-0.39, 0.29) is 5.69 Å². The van der Waals surface area contributed by atoms with Gasteiger partial charge in [-0.05, 0) is 51.1 Å². The van der Waals surface area contributed by atoms with Crippen molar-refractivity contribution in [2.24, 2.45) is 0 Å². The zero-order valence-electron chi connectivity index (χ0n) is 37.1. The Bertz CT molecular complexity index is 3360. The van der Waals surface area contributed by atoms with Gasteiger partial charge in [0.2, 0.25) is 0 Å². The van der Waals surface area contributed by atoms with Gasteiger partial charge in [-0.15, -0.1) is 0 Å². The highest BCUT2D eigenvalue weighted by Gasteiger charge is 2.22. The van der Waals surface area contributed by atoms with Crippen molar-refractivity contribution in [2.75, 3.05) is 0 Å². The van der Waals surface area contributed by atoms with Gasteiger partial charge in [0, 0.05) is 38.5 Å². The molecule has 4 heteroatoms. The van der Waals surface area contributed by atoms with E-state index in [0.717, 1.165) is 43.1 Å². The number of hydrogen-bond donors (Lipinski definition) is 0. The lowest BCUT2D eigenvalue weighted by Gasteiger charge is -2.13. The molecule has 0 bridgehead atoms. The van der Waals surface area contributed by atoms with Crippen LogP contribution in [0.25, 0.3) is 94.0 Å². The van der Waals surface area contributed by atoms with Gasteiger partial charge in [-0.3, -0.25) is 0 Å². The number of fused-ring (bicyclic) bond motifs is 1. The monoisotopic (exact) mass is 586 g/mol. The minimum absolute atomic E-state index is 0.0928. The summed E-state index contributed by atoms with van der Waals surface area (Å²) >= 11 is 0. The fourth-order valence-electron chi connectivity index (χ4n) is 6.42. The van der Waals surface area contributed by atoms with E-state index in [1.54, 1.807) is 4.57 Å². The van der Waals surface area contributed by atoms with Gasteiger partial charge in [0.15, 0.2) is 17.5 Å². The lowest BCUT2D eigenvalue weighted by atomic mass is 9.89. The molecule has 0 saturated heterocycles. The Balaban J connectivity index is 1.34. The maximum atomic E-state index is 9.77. The van der Waals surface area contributed by atoms with Gasteiger partial charge in [-0.2, -0.15) is 0 Å². The van der Waals surface area contributed by atoms with Gasteiger partial charge >= 0.3 is 0 Å². The summed E-state index contributed by atoms with van der Waals surface area (Å²) in [6.07, 6.45) is 0. The van der Waals surface area contributed by atoms with Crippen molar-refractivity contribution < 1.29 is 19.2 Å². The Morgan fingerprint density at radius 2 is 1.00 bits per heavy atom. The van der Waals surface area contributed by atoms with Gasteiger partial charge in [-0.1, -0.05) is 121 Å². The number of benzene rings is 8. The highest BCUT2D eigenvalue weighted by Crippen LogP contribution is 2.47. The first kappa shape index (κ1) is 14.6. The van der Waals surface area contributed by atoms with Gasteiger partial charge in [-0.25, -0.2) is 15.0 Å². The molecule has 10 aromatic rings. The minimum atomic E-state index is -0.723. The minimum Gasteiger partial charge on any atom is -0.309 e. The summed E-state index contributed by atoms with van der Waals surface area (Å²) in [5.41, 5.74) is -0.274. The van der Waals surface area contributed by atoms with Crippen LogP contribution in [-0.4, -0.2) is 19.5 Å². The maximum Gasteiger partial charge on any atom is 0.164 e. The van der Waals surface area contributed by atoms with Crippen molar-refractivity contribution in [2.45, 2.75) is 0 Å². The first-order valence-corrected chi connectivity index (χ1v) is 14.1. The first-order valence-electron chi connectivity index (χ1n) is 21.1. The van der Waals surface area contributed by atoms with Gasteiger partial charge in [0.05, 0.1) is 30.2 Å². The summed E-state index contributed by atoms with van der Waals surface area (Å²) in [5, 5.41) is 7.77. The average molecular weight is 587 g/mol. The summed E-state index contributed by atoms with van der Waals surface area (Å²) in [4.78, 5) is 13.2. The molecule has 0 aliphatic rings. The number of aromatic nitrogens is 4. The molecule has 4 nitrogen and oxygen atoms in total. The quantitative estimate of drug-likeness (QED) is 0.152. The molecular formula is C41H24N4. The largest absolute Gasteiger partial charge is 0.309 e. The molecule has 0 fully saturated rings. The molecule has 2 heterocycles. The molecule has 0 atom stereocenters. The Kier molecular flexibility index (Phi) is 2.97. The number of hydrogen-bond acceptors (Lipinski definition) is 3. The van der Waals surface area contributed by atoms with E-state index in [4.69, 9.17) is 16.4 Å². The molecular weight excluding hydrogens is 548 g/mol. The number of nitrogens with zero attached hydrogens (tertiary/aromatic N) is 4. The molecule has 0 N–H and O–H groups in total. The van der Waals surface area contributed by atoms with Crippen molar-refractivity contribution in [3.8, 4) is 39.9 Å². The van der Waals surface area contributed by atoms with Crippen LogP contribution in [0.1, 0.15) is 19.2 Å². The molecule has 0 unspecified atom stereocenters. The third-order valence-electron chi connectivity index (χ3n) is 8.21. The summed E-state index contributed by atoms with van der Waals surface area (Å²) in [5.74, 6) is -1.67. The van der Waals surface area contributed by atoms with Crippen molar-refractivity contribution in [3.05, 3.63) is 145 Å². The smallest absolute Gasteiger partial charge is 0.164 e. The fourth-order valence-corrected chi connectivity index (χ4v) is 6.42. The highest BCUT2D eigenvalue weighted by molar-refractivity contribution is 6.40. The zero-order chi connectivity index (χ0) is 41.7. The van der Waals surface area contributed by atoms with Crippen LogP contribution in [0.3, 0.4) is 0 Å². The van der Waals surface area contributed by atoms with E-state index in [0.29, 0.717) is 11.0 Å². The van der Waals surface area contributed by atoms with E-state index in [1.807, 2.05) is 48.5 Å². The Hall–Kier alpha value is -6.13. The second kappa shape index (κ2) is 9.18. The third-order valence-corrected chi connectivity index (χ3v) is 8.21. The fraction of sp³-hybridized carbons (Fsp3) is 0. The summed E-state index contributed by atoms with van der Waals surface area (Å²) in [6, 6.07) is 10.4. The van der Waals surface area contributed by atoms with Crippen LogP contribution in [0.15, 0.2) is 145 Å². The normalized spacial score (nSPS) is 16.4. The molecule has 8 aromatic carbocycles. The summed E-state index contributed by atoms with van der Waals surface area (Å²) in [7, 11) is 0. The van der Waals surface area contributed by atoms with Crippen molar-refractivity contribution in [1.82, 2.24) is 19.5 Å². The average Bonchev–Trinajstić information content (AvgIpc) is 3.57. The third kappa shape index (κ3) is 3.51. The lowest BCUT2D eigenvalue weighted by molar-refractivity contribution is 1.07. The Labute approximate surface area is 278 Å². The van der Waals surface area contributed by atoms with Crippen LogP contribution < -0.4 is 0 Å². The van der Waals surface area contributed by atoms with Crippen LogP contribution in [0.4, 0.5) is 0 Å². The molecule has 2 aromatic heterocycles. The Morgan fingerprint density at radius 1 is 0.444 bits per heavy atom. The van der Waals surface area contributed by atoms with E-state index in [1.165, 1.54) is 0 Å². The van der Waals surface area contributed by atoms with Crippen LogP contribution in [0, 0.1) is 0 Å². The summed E-state index contributed by atoms with van der Waals surface area (Å²) in [6.45, 7) is 0. The highest BCUT2D eigenvalue weighted by atomic mass is 15.0. The summed E-state index contributed by atoms with van der Waals surface area (Å²) < 4.78 is 123. The van der Waals surface area contributed by atoms with E-state index < -0.39 is 119 Å². The van der Waals surface area contributed by atoms with Gasteiger partial charge in [0.1, 0.15) is 0 Å². The predicted octanol–water partition coefficient (Wildman–Crippen LogP) is 10.3. The molecule has 45 heavy (non-hydrogen) atoms. The topological polar surface area (TPSA) is 43.6 Å². The van der Waals surface area contributed by atoms with Crippen molar-refractivity contribution in [3.63, 3.8) is 0 Å². The molecule has 0 radical (unpaired) electrons. The molecule has 0 amide bonds. The second-order valence-corrected chi connectivity index (χ2v) is 10.6. The molecule has 10 rings (SSSR count). The molecule has 208 valence electrons. The van der Waals surface area contributed by atoms with Crippen molar-refractivity contribution >= 4 is 54.1 Å². The van der Waals surface area contributed by atoms with Gasteiger partial charge < -0.3 is 4.57 Å². The molecule has 0 spiro atoms. The van der Waals surface area contributed by atoms with Crippen molar-refractivity contribution in [1.29, 1.82) is 0 Å². The van der Waals surface area contributed by atoms with Gasteiger partial charge in [0.25, 0.3) is 0 Å². The first-order chi connectivity index (χ1) is 28.1. The SMILES string of the molecule is [2H]c1c([2H])c([2H])c(-c2nc(-c3c([2H])c([2H])c([2H])c([2H])c3[2H])nc(-c3c([2H])c([2H])c([2H])c(-n4c5cccc6c7cccc8ccc9ccc4c(c9c87)c65)c3[2H])n2)c([2H])c1[2H]. The molecule has 0 aliphatic heterocycles. The van der Waals surface area contributed by atoms with Crippen LogP contribution in [0.5, 0.6) is 0 Å². The maximum absolute atomic E-state index is 9.77. The lowest BCUT2D eigenvalue weighted by Crippen LogP contribution is -2.01. The van der Waals surface area contributed by atoms with Crippen LogP contribution in [-0.2, 0) is 0 Å². The van der Waals surface area contributed by atoms with E-state index in [9.17, 15) is 2.74 Å². The van der Waals surface area contributed by atoms with Crippen LogP contribution in [0.2, 0.25) is 0 Å². The predicted molar refractivity (Wildman–Crippen MR) is 185 cm³/mol. The Morgan fingerprint density at radius 3 is 1.71 bits per heavy atom. The zero-order valence-corrected chi connectivity index (χ0v) is 23.1. The van der Waals surface area contributed by atoms with Crippen LogP contribution >= 0.6 is 0 Å². The molecule has 0 aliphatic carbocycles. The molecule has 0 saturated carbocycles. The van der Waals surface area contributed by atoms with E-state index >= 15 is 0 Å². The second-order valence-electron chi connectivity index (χ2n) is 10.6. The number of rotatable bonds is 4.